The zero-order valence-electron chi connectivity index (χ0n) is 34.8. The van der Waals surface area contributed by atoms with Crippen LogP contribution in [0.5, 0.6) is 11.5 Å². The number of hydrogen-bond acceptors (Lipinski definition) is 8. The van der Waals surface area contributed by atoms with Crippen molar-refractivity contribution in [2.45, 2.75) is 142 Å². The van der Waals surface area contributed by atoms with Gasteiger partial charge in [-0.1, -0.05) is 114 Å². The second-order valence-corrected chi connectivity index (χ2v) is 15.8. The van der Waals surface area contributed by atoms with E-state index in [-0.39, 0.29) is 13.2 Å². The largest absolute Gasteiger partial charge is 0.490 e. The number of carbonyl (C=O) groups excluding carboxylic acids is 2. The van der Waals surface area contributed by atoms with Crippen molar-refractivity contribution < 1.29 is 38.0 Å². The van der Waals surface area contributed by atoms with Crippen LogP contribution in [0.15, 0.2) is 72.8 Å². The number of ether oxygens (including phenoxy) is 6. The fraction of sp³-hybridized carbons (Fsp3) is 0.625. The number of allylic oxidation sites excluding steroid dienone is 2. The van der Waals surface area contributed by atoms with Crippen molar-refractivity contribution in [1.82, 2.24) is 0 Å². The number of esters is 2. The fourth-order valence-corrected chi connectivity index (χ4v) is 8.02. The highest BCUT2D eigenvalue weighted by atomic mass is 16.6. The molecule has 0 radical (unpaired) electrons. The molecular weight excluding hydrogens is 705 g/mol. The van der Waals surface area contributed by atoms with E-state index in [0.717, 1.165) is 34.5 Å². The number of rotatable bonds is 25. The minimum Gasteiger partial charge on any atom is -0.490 e. The molecular formula is C48H70O8. The predicted octanol–water partition coefficient (Wildman–Crippen LogP) is 11.1. The maximum Gasteiger partial charge on any atom is 0.338 e. The van der Waals surface area contributed by atoms with Gasteiger partial charge in [0.1, 0.15) is 24.7 Å². The third-order valence-corrected chi connectivity index (χ3v) is 11.6. The van der Waals surface area contributed by atoms with Gasteiger partial charge in [0.05, 0.1) is 27.4 Å². The van der Waals surface area contributed by atoms with Crippen molar-refractivity contribution in [1.29, 1.82) is 0 Å². The number of hydrogen-bond donors (Lipinski definition) is 0. The highest BCUT2D eigenvalue weighted by Gasteiger charge is 2.38. The molecule has 8 heteroatoms. The van der Waals surface area contributed by atoms with E-state index in [1.165, 1.54) is 117 Å². The second-order valence-electron chi connectivity index (χ2n) is 15.8. The Balaban J connectivity index is 1.18. The number of unbranched alkanes of at least 4 members (excludes halogenated alkanes) is 4. The SMILES string of the molecule is CCCCCC1CCC(C=CCOc2ccc(CO[C@@H](C(=O)OC)[C@@H](OCc3ccc(OCC=CC4CCC(CCCCC)CC4)cc3)C(=O)OC)cc2)CC1. The molecule has 0 bridgehead atoms. The summed E-state index contributed by atoms with van der Waals surface area (Å²) in [6, 6.07) is 15.0. The van der Waals surface area contributed by atoms with E-state index in [2.05, 4.69) is 38.2 Å². The first kappa shape index (κ1) is 45.1. The number of carbonyl (C=O) groups is 2. The molecule has 2 fully saturated rings. The van der Waals surface area contributed by atoms with Crippen molar-refractivity contribution >= 4 is 11.9 Å². The smallest absolute Gasteiger partial charge is 0.338 e. The second kappa shape index (κ2) is 26.3. The summed E-state index contributed by atoms with van der Waals surface area (Å²) in [6.45, 7) is 5.68. The van der Waals surface area contributed by atoms with Crippen molar-refractivity contribution in [2.75, 3.05) is 27.4 Å². The van der Waals surface area contributed by atoms with Gasteiger partial charge < -0.3 is 28.4 Å². The average molecular weight is 775 g/mol. The lowest BCUT2D eigenvalue weighted by atomic mass is 9.79. The van der Waals surface area contributed by atoms with Gasteiger partial charge in [0.25, 0.3) is 0 Å². The van der Waals surface area contributed by atoms with E-state index in [1.54, 1.807) is 0 Å². The molecule has 2 aliphatic rings. The standard InChI is InChI=1S/C48H70O8/c1-5-7-9-13-37-17-21-39(22-18-37)15-11-33-53-43-29-25-41(26-30-43)35-55-45(47(49)51-3)46(48(50)52-4)56-36-42-27-31-44(32-28-42)54-34-12-16-40-23-19-38(20-24-40)14-10-8-6-2/h11-12,15-16,25-32,37-40,45-46H,5-10,13-14,17-24,33-36H2,1-4H3/t37?,38?,39?,40?,45-,46-/m1/s1. The highest BCUT2D eigenvalue weighted by molar-refractivity contribution is 5.85. The van der Waals surface area contributed by atoms with Crippen LogP contribution in [0.1, 0.15) is 128 Å². The lowest BCUT2D eigenvalue weighted by Crippen LogP contribution is -2.44. The van der Waals surface area contributed by atoms with Crippen molar-refractivity contribution in [3.05, 3.63) is 84.0 Å². The lowest BCUT2D eigenvalue weighted by Gasteiger charge is -2.26. The Morgan fingerprint density at radius 2 is 0.946 bits per heavy atom. The normalized spacial score (nSPS) is 21.1. The summed E-state index contributed by atoms with van der Waals surface area (Å²) in [5.74, 6) is 3.16. The van der Waals surface area contributed by atoms with Gasteiger partial charge in [-0.3, -0.25) is 0 Å². The van der Waals surface area contributed by atoms with Crippen molar-refractivity contribution in [3.8, 4) is 11.5 Å². The quantitative estimate of drug-likeness (QED) is 0.0560. The van der Waals surface area contributed by atoms with Crippen LogP contribution in [0.25, 0.3) is 0 Å². The van der Waals surface area contributed by atoms with Gasteiger partial charge in [-0.05, 0) is 110 Å². The van der Waals surface area contributed by atoms with Gasteiger partial charge in [0, 0.05) is 0 Å². The molecule has 310 valence electrons. The zero-order valence-corrected chi connectivity index (χ0v) is 34.8. The molecule has 2 aliphatic carbocycles. The Morgan fingerprint density at radius 3 is 1.29 bits per heavy atom. The summed E-state index contributed by atoms with van der Waals surface area (Å²) in [4.78, 5) is 25.7. The minimum absolute atomic E-state index is 0.0543. The number of methoxy groups -OCH3 is 2. The van der Waals surface area contributed by atoms with Crippen molar-refractivity contribution in [2.24, 2.45) is 23.7 Å². The van der Waals surface area contributed by atoms with Crippen molar-refractivity contribution in [3.63, 3.8) is 0 Å². The van der Waals surface area contributed by atoms with Crippen LogP contribution in [0, 0.1) is 23.7 Å². The lowest BCUT2D eigenvalue weighted by molar-refractivity contribution is -0.182. The molecule has 4 rings (SSSR count). The van der Waals surface area contributed by atoms with Gasteiger partial charge in [0.2, 0.25) is 0 Å². The summed E-state index contributed by atoms with van der Waals surface area (Å²) in [5.41, 5.74) is 1.61. The Labute approximate surface area is 337 Å². The van der Waals surface area contributed by atoms with Crippen LogP contribution in [-0.2, 0) is 41.8 Å². The molecule has 2 aromatic rings. The first-order chi connectivity index (χ1) is 27.4. The first-order valence-corrected chi connectivity index (χ1v) is 21.6. The summed E-state index contributed by atoms with van der Waals surface area (Å²) < 4.78 is 33.8. The summed E-state index contributed by atoms with van der Waals surface area (Å²) in [5, 5.41) is 0. The Morgan fingerprint density at radius 1 is 0.571 bits per heavy atom. The molecule has 56 heavy (non-hydrogen) atoms. The van der Waals surface area contributed by atoms with E-state index in [4.69, 9.17) is 28.4 Å². The van der Waals surface area contributed by atoms with Crippen LogP contribution >= 0.6 is 0 Å². The van der Waals surface area contributed by atoms with Gasteiger partial charge >= 0.3 is 11.9 Å². The summed E-state index contributed by atoms with van der Waals surface area (Å²) in [6.07, 6.45) is 27.6. The van der Waals surface area contributed by atoms with Gasteiger partial charge in [-0.15, -0.1) is 0 Å². The topological polar surface area (TPSA) is 89.5 Å². The Hall–Kier alpha value is -3.62. The molecule has 0 saturated heterocycles. The van der Waals surface area contributed by atoms with Gasteiger partial charge in [-0.2, -0.15) is 0 Å². The molecule has 0 spiro atoms. The van der Waals surface area contributed by atoms with Crippen LogP contribution in [0.4, 0.5) is 0 Å². The van der Waals surface area contributed by atoms with E-state index in [9.17, 15) is 9.59 Å². The Bertz CT molecular complexity index is 1310. The van der Waals surface area contributed by atoms with Crippen LogP contribution in [0.2, 0.25) is 0 Å². The fourth-order valence-electron chi connectivity index (χ4n) is 8.02. The van der Waals surface area contributed by atoms with Crippen LogP contribution in [-0.4, -0.2) is 51.6 Å². The third-order valence-electron chi connectivity index (χ3n) is 11.6. The molecule has 0 aliphatic heterocycles. The van der Waals surface area contributed by atoms with E-state index in [0.29, 0.717) is 25.0 Å². The summed E-state index contributed by atoms with van der Waals surface area (Å²) >= 11 is 0. The molecule has 0 heterocycles. The highest BCUT2D eigenvalue weighted by Crippen LogP contribution is 2.34. The molecule has 0 unspecified atom stereocenters. The van der Waals surface area contributed by atoms with E-state index < -0.39 is 24.1 Å². The summed E-state index contributed by atoms with van der Waals surface area (Å²) in [7, 11) is 2.50. The van der Waals surface area contributed by atoms with Gasteiger partial charge in [-0.25, -0.2) is 9.59 Å². The predicted molar refractivity (Wildman–Crippen MR) is 223 cm³/mol. The van der Waals surface area contributed by atoms with Crippen LogP contribution < -0.4 is 9.47 Å². The van der Waals surface area contributed by atoms with Crippen LogP contribution in [0.3, 0.4) is 0 Å². The maximum atomic E-state index is 12.8. The molecule has 0 amide bonds. The number of benzene rings is 2. The maximum absolute atomic E-state index is 12.8. The van der Waals surface area contributed by atoms with Gasteiger partial charge in [0.15, 0.2) is 12.2 Å². The third kappa shape index (κ3) is 16.5. The molecule has 0 N–H and O–H groups in total. The average Bonchev–Trinajstić information content (AvgIpc) is 3.24. The molecule has 2 saturated carbocycles. The molecule has 8 nitrogen and oxygen atoms in total. The zero-order chi connectivity index (χ0) is 39.8. The first-order valence-electron chi connectivity index (χ1n) is 21.6. The van der Waals surface area contributed by atoms with E-state index >= 15 is 0 Å². The van der Waals surface area contributed by atoms with E-state index in [1.807, 2.05) is 48.5 Å². The molecule has 2 aromatic carbocycles. The Kier molecular flexibility index (Phi) is 21.2. The minimum atomic E-state index is -1.33. The molecule has 0 aromatic heterocycles. The molecule has 2 atom stereocenters. The monoisotopic (exact) mass is 775 g/mol.